The summed E-state index contributed by atoms with van der Waals surface area (Å²) in [6, 6.07) is 1.51. The van der Waals surface area contributed by atoms with E-state index in [9.17, 15) is 4.79 Å². The molecule has 1 N–H and O–H groups in total. The van der Waals surface area contributed by atoms with Crippen molar-refractivity contribution >= 4 is 11.3 Å². The first-order valence-electron chi connectivity index (χ1n) is 4.28. The van der Waals surface area contributed by atoms with E-state index < -0.39 is 0 Å². The summed E-state index contributed by atoms with van der Waals surface area (Å²) in [5, 5.41) is 1.86. The number of aromatic nitrogens is 3. The lowest BCUT2D eigenvalue weighted by molar-refractivity contribution is 0.982. The fourth-order valence-corrected chi connectivity index (χ4v) is 1.68. The van der Waals surface area contributed by atoms with Crippen molar-refractivity contribution in [3.05, 3.63) is 33.0 Å². The van der Waals surface area contributed by atoms with Gasteiger partial charge in [-0.05, 0) is 6.42 Å². The zero-order valence-electron chi connectivity index (χ0n) is 7.65. The van der Waals surface area contributed by atoms with Gasteiger partial charge in [0.2, 0.25) is 0 Å². The van der Waals surface area contributed by atoms with Gasteiger partial charge in [-0.15, -0.1) is 11.3 Å². The van der Waals surface area contributed by atoms with Gasteiger partial charge in [0.05, 0.1) is 5.51 Å². The van der Waals surface area contributed by atoms with E-state index >= 15 is 0 Å². The number of rotatable bonds is 2. The largest absolute Gasteiger partial charge is 0.305 e. The summed E-state index contributed by atoms with van der Waals surface area (Å²) in [6.07, 6.45) is 0.751. The molecule has 0 bridgehead atoms. The number of nitrogens with zero attached hydrogens (tertiary/aromatic N) is 2. The summed E-state index contributed by atoms with van der Waals surface area (Å²) in [6.45, 7) is 1.96. The Morgan fingerprint density at radius 3 is 3.07 bits per heavy atom. The minimum atomic E-state index is -0.125. The molecule has 2 aromatic heterocycles. The SMILES string of the molecule is CCc1cc(=O)[nH]c(-c2cscn2)n1. The molecular formula is C9H9N3OS. The molecule has 2 aromatic rings. The number of hydrogen-bond acceptors (Lipinski definition) is 4. The molecule has 0 fully saturated rings. The molecule has 0 atom stereocenters. The monoisotopic (exact) mass is 207 g/mol. The third-order valence-corrected chi connectivity index (χ3v) is 2.42. The molecule has 0 aliphatic carbocycles. The van der Waals surface area contributed by atoms with Gasteiger partial charge < -0.3 is 4.98 Å². The molecule has 0 saturated heterocycles. The van der Waals surface area contributed by atoms with Gasteiger partial charge in [0.1, 0.15) is 5.69 Å². The summed E-state index contributed by atoms with van der Waals surface area (Å²) in [7, 11) is 0. The van der Waals surface area contributed by atoms with E-state index in [1.807, 2.05) is 12.3 Å². The molecule has 2 rings (SSSR count). The van der Waals surface area contributed by atoms with Gasteiger partial charge in [-0.2, -0.15) is 0 Å². The third kappa shape index (κ3) is 1.72. The van der Waals surface area contributed by atoms with Crippen LogP contribution in [0.5, 0.6) is 0 Å². The predicted octanol–water partition coefficient (Wildman–Crippen LogP) is 1.46. The number of H-pyrrole nitrogens is 1. The van der Waals surface area contributed by atoms with Gasteiger partial charge in [-0.1, -0.05) is 6.92 Å². The Hall–Kier alpha value is -1.49. The molecule has 0 saturated carbocycles. The maximum atomic E-state index is 11.2. The van der Waals surface area contributed by atoms with Gasteiger partial charge in [-0.3, -0.25) is 4.79 Å². The lowest BCUT2D eigenvalue weighted by Crippen LogP contribution is -2.09. The van der Waals surface area contributed by atoms with E-state index in [4.69, 9.17) is 0 Å². The number of aryl methyl sites for hydroxylation is 1. The Balaban J connectivity index is 2.54. The number of hydrogen-bond donors (Lipinski definition) is 1. The van der Waals surface area contributed by atoms with E-state index in [1.54, 1.807) is 5.51 Å². The number of aromatic amines is 1. The van der Waals surface area contributed by atoms with Crippen molar-refractivity contribution < 1.29 is 0 Å². The Kier molecular flexibility index (Phi) is 2.41. The smallest absolute Gasteiger partial charge is 0.251 e. The lowest BCUT2D eigenvalue weighted by Gasteiger charge is -1.98. The predicted molar refractivity (Wildman–Crippen MR) is 55.3 cm³/mol. The zero-order valence-corrected chi connectivity index (χ0v) is 8.47. The lowest BCUT2D eigenvalue weighted by atomic mass is 10.3. The molecule has 0 aromatic carbocycles. The highest BCUT2D eigenvalue weighted by molar-refractivity contribution is 7.07. The first kappa shape index (κ1) is 9.08. The van der Waals surface area contributed by atoms with Crippen LogP contribution in [0.2, 0.25) is 0 Å². The normalized spacial score (nSPS) is 10.4. The van der Waals surface area contributed by atoms with E-state index in [-0.39, 0.29) is 5.56 Å². The quantitative estimate of drug-likeness (QED) is 0.811. The highest BCUT2D eigenvalue weighted by Gasteiger charge is 2.04. The average molecular weight is 207 g/mol. The van der Waals surface area contributed by atoms with Gasteiger partial charge >= 0.3 is 0 Å². The second-order valence-corrected chi connectivity index (χ2v) is 3.53. The topological polar surface area (TPSA) is 58.6 Å². The molecule has 14 heavy (non-hydrogen) atoms. The number of thiazole rings is 1. The summed E-state index contributed by atoms with van der Waals surface area (Å²) >= 11 is 1.48. The number of nitrogens with one attached hydrogen (secondary N) is 1. The highest BCUT2D eigenvalue weighted by Crippen LogP contribution is 2.12. The van der Waals surface area contributed by atoms with Crippen molar-refractivity contribution in [2.24, 2.45) is 0 Å². The van der Waals surface area contributed by atoms with Gasteiger partial charge in [-0.25, -0.2) is 9.97 Å². The Labute approximate surface area is 84.7 Å². The van der Waals surface area contributed by atoms with Crippen molar-refractivity contribution in [3.63, 3.8) is 0 Å². The van der Waals surface area contributed by atoms with Crippen molar-refractivity contribution in [3.8, 4) is 11.5 Å². The summed E-state index contributed by atoms with van der Waals surface area (Å²) in [5.41, 5.74) is 3.10. The van der Waals surface area contributed by atoms with Gasteiger partial charge in [0, 0.05) is 17.1 Å². The van der Waals surface area contributed by atoms with Crippen LogP contribution < -0.4 is 5.56 Å². The minimum absolute atomic E-state index is 0.125. The molecule has 4 nitrogen and oxygen atoms in total. The van der Waals surface area contributed by atoms with E-state index in [1.165, 1.54) is 17.4 Å². The molecule has 0 aliphatic rings. The second kappa shape index (κ2) is 3.71. The molecule has 0 radical (unpaired) electrons. The summed E-state index contributed by atoms with van der Waals surface area (Å²) in [5.74, 6) is 0.551. The molecule has 72 valence electrons. The maximum Gasteiger partial charge on any atom is 0.251 e. The van der Waals surface area contributed by atoms with Crippen molar-refractivity contribution in [1.82, 2.24) is 15.0 Å². The maximum absolute atomic E-state index is 11.2. The summed E-state index contributed by atoms with van der Waals surface area (Å²) < 4.78 is 0. The van der Waals surface area contributed by atoms with Gasteiger partial charge in [0.25, 0.3) is 5.56 Å². The minimum Gasteiger partial charge on any atom is -0.305 e. The van der Waals surface area contributed by atoms with Gasteiger partial charge in [0.15, 0.2) is 5.82 Å². The van der Waals surface area contributed by atoms with Crippen molar-refractivity contribution in [2.75, 3.05) is 0 Å². The van der Waals surface area contributed by atoms with Crippen LogP contribution >= 0.6 is 11.3 Å². The molecule has 0 spiro atoms. The van der Waals surface area contributed by atoms with Crippen LogP contribution in [0.15, 0.2) is 21.8 Å². The fourth-order valence-electron chi connectivity index (χ4n) is 1.14. The van der Waals surface area contributed by atoms with E-state index in [0.717, 1.165) is 17.8 Å². The molecule has 0 amide bonds. The standard InChI is InChI=1S/C9H9N3OS/c1-2-6-3-8(13)12-9(11-6)7-4-14-5-10-7/h3-5H,2H2,1H3,(H,11,12,13). The van der Waals surface area contributed by atoms with E-state index in [0.29, 0.717) is 5.82 Å². The zero-order chi connectivity index (χ0) is 9.97. The van der Waals surface area contributed by atoms with Crippen LogP contribution in [0, 0.1) is 0 Å². The highest BCUT2D eigenvalue weighted by atomic mass is 32.1. The first-order chi connectivity index (χ1) is 6.79. The van der Waals surface area contributed by atoms with Crippen LogP contribution in [0.4, 0.5) is 0 Å². The van der Waals surface area contributed by atoms with Crippen LogP contribution in [0.25, 0.3) is 11.5 Å². The van der Waals surface area contributed by atoms with Crippen molar-refractivity contribution in [1.29, 1.82) is 0 Å². The van der Waals surface area contributed by atoms with Crippen LogP contribution in [0.1, 0.15) is 12.6 Å². The molecule has 0 unspecified atom stereocenters. The van der Waals surface area contributed by atoms with Crippen LogP contribution in [-0.2, 0) is 6.42 Å². The van der Waals surface area contributed by atoms with E-state index in [2.05, 4.69) is 15.0 Å². The van der Waals surface area contributed by atoms with Crippen molar-refractivity contribution in [2.45, 2.75) is 13.3 Å². The fraction of sp³-hybridized carbons (Fsp3) is 0.222. The average Bonchev–Trinajstić information content (AvgIpc) is 2.69. The molecule has 0 aliphatic heterocycles. The second-order valence-electron chi connectivity index (χ2n) is 2.81. The Bertz CT molecular complexity index is 475. The first-order valence-corrected chi connectivity index (χ1v) is 5.22. The molecule has 5 heteroatoms. The molecule has 2 heterocycles. The Morgan fingerprint density at radius 2 is 2.43 bits per heavy atom. The third-order valence-electron chi connectivity index (χ3n) is 1.83. The Morgan fingerprint density at radius 1 is 1.57 bits per heavy atom. The van der Waals surface area contributed by atoms with Crippen LogP contribution in [0.3, 0.4) is 0 Å². The molecular weight excluding hydrogens is 198 g/mol. The summed E-state index contributed by atoms with van der Waals surface area (Å²) in [4.78, 5) is 22.3. The van der Waals surface area contributed by atoms with Crippen LogP contribution in [-0.4, -0.2) is 15.0 Å².